The fourth-order valence-corrected chi connectivity index (χ4v) is 3.29. The summed E-state index contributed by atoms with van der Waals surface area (Å²) in [7, 11) is 0. The number of aliphatic imine (C=N–C) groups is 1. The van der Waals surface area contributed by atoms with Crippen LogP contribution in [0, 0.1) is 13.8 Å². The van der Waals surface area contributed by atoms with Crippen molar-refractivity contribution in [3.05, 3.63) is 15.6 Å². The van der Waals surface area contributed by atoms with E-state index in [1.807, 2.05) is 13.8 Å². The van der Waals surface area contributed by atoms with Gasteiger partial charge in [0.25, 0.3) is 0 Å². The van der Waals surface area contributed by atoms with E-state index in [0.717, 1.165) is 17.2 Å². The number of carbonyl (C=O) groups is 2. The Kier molecular flexibility index (Phi) is 6.72. The minimum Gasteiger partial charge on any atom is -0.357 e. The zero-order chi connectivity index (χ0) is 17.5. The first-order valence-corrected chi connectivity index (χ1v) is 9.11. The lowest BCUT2D eigenvalue weighted by atomic mass is 10.1. The maximum atomic E-state index is 11.8. The van der Waals surface area contributed by atoms with Crippen molar-refractivity contribution >= 4 is 29.1 Å². The quantitative estimate of drug-likeness (QED) is 0.459. The van der Waals surface area contributed by atoms with Crippen molar-refractivity contribution in [2.24, 2.45) is 4.99 Å². The molecule has 1 aromatic rings. The molecule has 0 saturated carbocycles. The number of aromatic nitrogens is 1. The number of nitrogens with zero attached hydrogens (tertiary/aromatic N) is 3. The summed E-state index contributed by atoms with van der Waals surface area (Å²) in [4.78, 5) is 35.1. The molecular formula is C16H25N5O2S. The van der Waals surface area contributed by atoms with Crippen molar-refractivity contribution in [1.82, 2.24) is 20.5 Å². The molecule has 1 aliphatic rings. The van der Waals surface area contributed by atoms with E-state index in [1.54, 1.807) is 11.3 Å². The van der Waals surface area contributed by atoms with Crippen LogP contribution in [0.4, 0.5) is 0 Å². The molecule has 0 unspecified atom stereocenters. The summed E-state index contributed by atoms with van der Waals surface area (Å²) in [5.74, 6) is 0.507. The van der Waals surface area contributed by atoms with E-state index in [2.05, 4.69) is 27.5 Å². The number of guanidine groups is 1. The van der Waals surface area contributed by atoms with E-state index in [4.69, 9.17) is 0 Å². The lowest BCUT2D eigenvalue weighted by Gasteiger charge is -2.25. The van der Waals surface area contributed by atoms with Crippen LogP contribution in [0.1, 0.15) is 41.8 Å². The summed E-state index contributed by atoms with van der Waals surface area (Å²) in [6.07, 6.45) is 1.59. The van der Waals surface area contributed by atoms with Crippen molar-refractivity contribution in [3.8, 4) is 0 Å². The Morgan fingerprint density at radius 1 is 1.25 bits per heavy atom. The number of imide groups is 1. The van der Waals surface area contributed by atoms with Crippen LogP contribution in [-0.2, 0) is 16.1 Å². The van der Waals surface area contributed by atoms with Crippen LogP contribution in [0.25, 0.3) is 0 Å². The van der Waals surface area contributed by atoms with Gasteiger partial charge in [-0.1, -0.05) is 0 Å². The van der Waals surface area contributed by atoms with E-state index in [0.29, 0.717) is 44.9 Å². The molecule has 1 aromatic heterocycles. The Balaban J connectivity index is 1.87. The summed E-state index contributed by atoms with van der Waals surface area (Å²) in [6, 6.07) is 0. The smallest absolute Gasteiger partial charge is 0.229 e. The third-order valence-corrected chi connectivity index (χ3v) is 4.86. The maximum Gasteiger partial charge on any atom is 0.229 e. The molecule has 7 nitrogen and oxygen atoms in total. The van der Waals surface area contributed by atoms with Gasteiger partial charge in [0.05, 0.1) is 12.2 Å². The number of hydrogen-bond donors (Lipinski definition) is 2. The molecule has 1 fully saturated rings. The zero-order valence-electron chi connectivity index (χ0n) is 14.5. The fraction of sp³-hybridized carbons (Fsp3) is 0.625. The van der Waals surface area contributed by atoms with E-state index in [9.17, 15) is 9.59 Å². The number of amides is 2. The standard InChI is InChI=1S/C16H25N5O2S/c1-4-17-16(19-10-13-20-11(2)12(3)24-13)18-8-9-21-14(22)6-5-7-15(21)23/h4-10H2,1-3H3,(H2,17,18,19). The first-order valence-electron chi connectivity index (χ1n) is 8.29. The Labute approximate surface area is 146 Å². The minimum absolute atomic E-state index is 0.0799. The average molecular weight is 351 g/mol. The van der Waals surface area contributed by atoms with Gasteiger partial charge in [0.2, 0.25) is 11.8 Å². The summed E-state index contributed by atoms with van der Waals surface area (Å²) in [5, 5.41) is 7.31. The largest absolute Gasteiger partial charge is 0.357 e. The SMILES string of the molecule is CCNC(=NCc1nc(C)c(C)s1)NCCN1C(=O)CCCC1=O. The van der Waals surface area contributed by atoms with Crippen molar-refractivity contribution in [3.63, 3.8) is 0 Å². The Morgan fingerprint density at radius 2 is 1.96 bits per heavy atom. The Morgan fingerprint density at radius 3 is 2.54 bits per heavy atom. The number of piperidine rings is 1. The maximum absolute atomic E-state index is 11.8. The Hall–Kier alpha value is -1.96. The molecule has 24 heavy (non-hydrogen) atoms. The van der Waals surface area contributed by atoms with Gasteiger partial charge in [-0.3, -0.25) is 14.5 Å². The third-order valence-electron chi connectivity index (χ3n) is 3.80. The van der Waals surface area contributed by atoms with E-state index >= 15 is 0 Å². The highest BCUT2D eigenvalue weighted by molar-refractivity contribution is 7.11. The van der Waals surface area contributed by atoms with E-state index in [1.165, 1.54) is 9.78 Å². The molecule has 1 aliphatic heterocycles. The highest BCUT2D eigenvalue weighted by Crippen LogP contribution is 2.17. The van der Waals surface area contributed by atoms with E-state index in [-0.39, 0.29) is 11.8 Å². The molecule has 2 amide bonds. The summed E-state index contributed by atoms with van der Waals surface area (Å²) >= 11 is 1.65. The molecule has 0 aromatic carbocycles. The molecule has 0 aliphatic carbocycles. The van der Waals surface area contributed by atoms with Gasteiger partial charge in [-0.2, -0.15) is 0 Å². The van der Waals surface area contributed by atoms with Crippen molar-refractivity contribution in [2.45, 2.75) is 46.6 Å². The fourth-order valence-electron chi connectivity index (χ4n) is 2.43. The van der Waals surface area contributed by atoms with Crippen LogP contribution in [0.3, 0.4) is 0 Å². The molecule has 0 spiro atoms. The monoisotopic (exact) mass is 351 g/mol. The summed E-state index contributed by atoms with van der Waals surface area (Å²) < 4.78 is 0. The molecule has 8 heteroatoms. The van der Waals surface area contributed by atoms with Gasteiger partial charge in [0.15, 0.2) is 5.96 Å². The average Bonchev–Trinajstić information content (AvgIpc) is 2.86. The van der Waals surface area contributed by atoms with Gasteiger partial charge in [0.1, 0.15) is 5.01 Å². The molecule has 1 saturated heterocycles. The molecule has 2 heterocycles. The number of nitrogens with one attached hydrogen (secondary N) is 2. The molecule has 2 rings (SSSR count). The van der Waals surface area contributed by atoms with Crippen molar-refractivity contribution in [2.75, 3.05) is 19.6 Å². The van der Waals surface area contributed by atoms with Crippen LogP contribution >= 0.6 is 11.3 Å². The Bertz CT molecular complexity index is 590. The topological polar surface area (TPSA) is 86.7 Å². The van der Waals surface area contributed by atoms with Gasteiger partial charge in [-0.25, -0.2) is 9.98 Å². The summed E-state index contributed by atoms with van der Waals surface area (Å²) in [5.41, 5.74) is 1.05. The number of hydrogen-bond acceptors (Lipinski definition) is 5. The zero-order valence-corrected chi connectivity index (χ0v) is 15.3. The van der Waals surface area contributed by atoms with Crippen LogP contribution in [-0.4, -0.2) is 47.3 Å². The second kappa shape index (κ2) is 8.77. The van der Waals surface area contributed by atoms with Crippen molar-refractivity contribution < 1.29 is 9.59 Å². The predicted molar refractivity (Wildman–Crippen MR) is 95.0 cm³/mol. The van der Waals surface area contributed by atoms with Crippen molar-refractivity contribution in [1.29, 1.82) is 0 Å². The van der Waals surface area contributed by atoms with Crippen LogP contribution in [0.15, 0.2) is 4.99 Å². The number of aryl methyl sites for hydroxylation is 2. The molecule has 0 bridgehead atoms. The van der Waals surface area contributed by atoms with E-state index < -0.39 is 0 Å². The van der Waals surface area contributed by atoms with Gasteiger partial charge >= 0.3 is 0 Å². The lowest BCUT2D eigenvalue weighted by molar-refractivity contribution is -0.147. The number of rotatable bonds is 6. The third kappa shape index (κ3) is 5.02. The second-order valence-corrected chi connectivity index (χ2v) is 6.95. The second-order valence-electron chi connectivity index (χ2n) is 5.66. The first-order chi connectivity index (χ1) is 11.5. The first kappa shape index (κ1) is 18.4. The van der Waals surface area contributed by atoms with Crippen LogP contribution in [0.5, 0.6) is 0 Å². The highest BCUT2D eigenvalue weighted by atomic mass is 32.1. The number of thiazole rings is 1. The van der Waals surface area contributed by atoms with Gasteiger partial charge in [0, 0.05) is 37.4 Å². The van der Waals surface area contributed by atoms with Crippen LogP contribution in [0.2, 0.25) is 0 Å². The van der Waals surface area contributed by atoms with Gasteiger partial charge < -0.3 is 10.6 Å². The van der Waals surface area contributed by atoms with Gasteiger partial charge in [-0.15, -0.1) is 11.3 Å². The molecular weight excluding hydrogens is 326 g/mol. The molecule has 0 atom stereocenters. The summed E-state index contributed by atoms with van der Waals surface area (Å²) in [6.45, 7) is 8.15. The minimum atomic E-state index is -0.0799. The number of likely N-dealkylation sites (tertiary alicyclic amines) is 1. The molecule has 0 radical (unpaired) electrons. The van der Waals surface area contributed by atoms with Crippen LogP contribution < -0.4 is 10.6 Å². The number of carbonyl (C=O) groups excluding carboxylic acids is 2. The normalized spacial score (nSPS) is 15.8. The predicted octanol–water partition coefficient (Wildman–Crippen LogP) is 1.35. The van der Waals surface area contributed by atoms with Gasteiger partial charge in [-0.05, 0) is 27.2 Å². The molecule has 2 N–H and O–H groups in total. The highest BCUT2D eigenvalue weighted by Gasteiger charge is 2.25. The lowest BCUT2D eigenvalue weighted by Crippen LogP contribution is -2.46. The molecule has 132 valence electrons.